The van der Waals surface area contributed by atoms with Gasteiger partial charge in [0.25, 0.3) is 10.0 Å². The van der Waals surface area contributed by atoms with Gasteiger partial charge in [0, 0.05) is 13.1 Å². The number of sulfonamides is 1. The summed E-state index contributed by atoms with van der Waals surface area (Å²) in [6.45, 7) is 0.971. The molecule has 2 heterocycles. The average molecular weight is 330 g/mol. The van der Waals surface area contributed by atoms with E-state index in [2.05, 4.69) is 4.98 Å². The first-order valence-electron chi connectivity index (χ1n) is 7.12. The Labute approximate surface area is 127 Å². The minimum Gasteiger partial charge on any atom is -0.476 e. The van der Waals surface area contributed by atoms with E-state index in [0.29, 0.717) is 18.5 Å². The lowest BCUT2D eigenvalue weighted by molar-refractivity contribution is 0.0687. The summed E-state index contributed by atoms with van der Waals surface area (Å²) >= 11 is 0.881. The number of carboxylic acids is 1. The van der Waals surface area contributed by atoms with Crippen LogP contribution in [-0.4, -0.2) is 41.9 Å². The Kier molecular flexibility index (Phi) is 3.79. The van der Waals surface area contributed by atoms with Gasteiger partial charge in [-0.05, 0) is 31.1 Å². The molecule has 6 nitrogen and oxygen atoms in total. The van der Waals surface area contributed by atoms with Crippen molar-refractivity contribution >= 4 is 27.3 Å². The van der Waals surface area contributed by atoms with Crippen LogP contribution < -0.4 is 0 Å². The third-order valence-electron chi connectivity index (χ3n) is 4.76. The second kappa shape index (κ2) is 5.33. The number of thiazole rings is 1. The number of nitrogens with zero attached hydrogens (tertiary/aromatic N) is 2. The van der Waals surface area contributed by atoms with E-state index in [1.165, 1.54) is 35.5 Å². The molecule has 2 aliphatic rings. The number of aromatic nitrogens is 1. The van der Waals surface area contributed by atoms with Crippen LogP contribution in [-0.2, 0) is 10.0 Å². The van der Waals surface area contributed by atoms with Gasteiger partial charge in [-0.25, -0.2) is 18.2 Å². The molecular formula is C13H18N2O4S2. The van der Waals surface area contributed by atoms with Crippen LogP contribution in [0.15, 0.2) is 9.72 Å². The molecule has 1 spiro atoms. The highest BCUT2D eigenvalue weighted by molar-refractivity contribution is 7.91. The van der Waals surface area contributed by atoms with E-state index < -0.39 is 16.0 Å². The van der Waals surface area contributed by atoms with Gasteiger partial charge in [0.2, 0.25) is 0 Å². The number of carbonyl (C=O) groups is 1. The van der Waals surface area contributed by atoms with Crippen LogP contribution in [0.1, 0.15) is 49.0 Å². The minimum atomic E-state index is -3.73. The summed E-state index contributed by atoms with van der Waals surface area (Å²) in [6, 6.07) is 0. The largest absolute Gasteiger partial charge is 0.476 e. The Balaban J connectivity index is 1.80. The number of aromatic carboxylic acids is 1. The molecule has 1 aromatic rings. The van der Waals surface area contributed by atoms with E-state index in [1.54, 1.807) is 0 Å². The highest BCUT2D eigenvalue weighted by atomic mass is 32.2. The third-order valence-corrected chi connectivity index (χ3v) is 8.00. The molecule has 3 rings (SSSR count). The fraction of sp³-hybridized carbons (Fsp3) is 0.692. The van der Waals surface area contributed by atoms with Crippen molar-refractivity contribution in [1.29, 1.82) is 0 Å². The normalized spacial score (nSPS) is 22.7. The molecule has 1 aromatic heterocycles. The predicted octanol–water partition coefficient (Wildman–Crippen LogP) is 2.19. The van der Waals surface area contributed by atoms with Crippen molar-refractivity contribution in [3.05, 3.63) is 11.2 Å². The van der Waals surface area contributed by atoms with Crippen LogP contribution in [0.25, 0.3) is 0 Å². The van der Waals surface area contributed by atoms with E-state index in [1.807, 2.05) is 0 Å². The number of hydrogen-bond donors (Lipinski definition) is 1. The van der Waals surface area contributed by atoms with E-state index in [0.717, 1.165) is 24.2 Å². The molecule has 1 N–H and O–H groups in total. The minimum absolute atomic E-state index is 0.141. The van der Waals surface area contributed by atoms with E-state index in [4.69, 9.17) is 5.11 Å². The summed E-state index contributed by atoms with van der Waals surface area (Å²) < 4.78 is 26.5. The monoisotopic (exact) mass is 330 g/mol. The lowest BCUT2D eigenvalue weighted by atomic mass is 9.78. The fourth-order valence-corrected chi connectivity index (χ4v) is 6.22. The van der Waals surface area contributed by atoms with Crippen molar-refractivity contribution in [2.75, 3.05) is 13.1 Å². The van der Waals surface area contributed by atoms with Gasteiger partial charge in [-0.3, -0.25) is 0 Å². The first kappa shape index (κ1) is 14.9. The molecule has 1 saturated carbocycles. The van der Waals surface area contributed by atoms with Crippen molar-refractivity contribution in [1.82, 2.24) is 9.29 Å². The quantitative estimate of drug-likeness (QED) is 0.918. The zero-order valence-electron chi connectivity index (χ0n) is 11.6. The summed E-state index contributed by atoms with van der Waals surface area (Å²) in [7, 11) is -3.73. The molecule has 0 amide bonds. The summed E-state index contributed by atoms with van der Waals surface area (Å²) in [5, 5.41) is 9.04. The van der Waals surface area contributed by atoms with Crippen molar-refractivity contribution in [3.8, 4) is 0 Å². The van der Waals surface area contributed by atoms with Gasteiger partial charge in [-0.1, -0.05) is 12.8 Å². The van der Waals surface area contributed by atoms with Crippen LogP contribution in [0, 0.1) is 5.41 Å². The second-order valence-electron chi connectivity index (χ2n) is 5.90. The molecule has 2 fully saturated rings. The maximum absolute atomic E-state index is 12.6. The van der Waals surface area contributed by atoms with E-state index in [9.17, 15) is 13.2 Å². The number of rotatable bonds is 3. The fourth-order valence-electron chi connectivity index (χ4n) is 3.50. The predicted molar refractivity (Wildman–Crippen MR) is 78.0 cm³/mol. The molecular weight excluding hydrogens is 312 g/mol. The van der Waals surface area contributed by atoms with Crippen LogP contribution in [0.5, 0.6) is 0 Å². The zero-order valence-corrected chi connectivity index (χ0v) is 13.3. The smallest absolute Gasteiger partial charge is 0.356 e. The lowest BCUT2D eigenvalue weighted by Crippen LogP contribution is -2.42. The van der Waals surface area contributed by atoms with Gasteiger partial charge < -0.3 is 5.11 Å². The number of hydrogen-bond acceptors (Lipinski definition) is 5. The molecule has 8 heteroatoms. The number of piperidine rings is 1. The molecule has 0 unspecified atom stereocenters. The van der Waals surface area contributed by atoms with Gasteiger partial charge in [0.15, 0.2) is 9.90 Å². The van der Waals surface area contributed by atoms with Crippen LogP contribution in [0.4, 0.5) is 0 Å². The number of carboxylic acid groups (broad SMARTS) is 1. The van der Waals surface area contributed by atoms with Crippen LogP contribution in [0.3, 0.4) is 0 Å². The molecule has 1 aliphatic carbocycles. The molecule has 1 saturated heterocycles. The van der Waals surface area contributed by atoms with Crippen molar-refractivity contribution in [3.63, 3.8) is 0 Å². The van der Waals surface area contributed by atoms with Gasteiger partial charge >= 0.3 is 5.97 Å². The van der Waals surface area contributed by atoms with Crippen LogP contribution >= 0.6 is 11.3 Å². The van der Waals surface area contributed by atoms with Crippen molar-refractivity contribution < 1.29 is 18.3 Å². The standard InChI is InChI=1S/C13H18N2O4S2/c16-11(17)10-12(20-9-14-10)21(18,19)15-7-5-13(6-8-15)3-1-2-4-13/h9H,1-8H2,(H,16,17). The summed E-state index contributed by atoms with van der Waals surface area (Å²) in [6.07, 6.45) is 6.64. The van der Waals surface area contributed by atoms with E-state index >= 15 is 0 Å². The molecule has 0 radical (unpaired) electrons. The SMILES string of the molecule is O=C(O)c1ncsc1S(=O)(=O)N1CCC2(CCCC2)CC1. The Morgan fingerprint density at radius 3 is 2.43 bits per heavy atom. The van der Waals surface area contributed by atoms with Gasteiger partial charge in [0.1, 0.15) is 0 Å². The highest BCUT2D eigenvalue weighted by Gasteiger charge is 2.41. The highest BCUT2D eigenvalue weighted by Crippen LogP contribution is 2.46. The third kappa shape index (κ3) is 2.60. The first-order valence-corrected chi connectivity index (χ1v) is 9.44. The van der Waals surface area contributed by atoms with E-state index in [-0.39, 0.29) is 9.90 Å². The Hall–Kier alpha value is -0.990. The Bertz CT molecular complexity index is 637. The molecule has 0 atom stereocenters. The van der Waals surface area contributed by atoms with Gasteiger partial charge in [-0.15, -0.1) is 11.3 Å². The molecule has 21 heavy (non-hydrogen) atoms. The first-order chi connectivity index (χ1) is 9.95. The maximum Gasteiger partial charge on any atom is 0.356 e. The van der Waals surface area contributed by atoms with Gasteiger partial charge in [0.05, 0.1) is 5.51 Å². The Morgan fingerprint density at radius 1 is 1.24 bits per heavy atom. The van der Waals surface area contributed by atoms with Crippen molar-refractivity contribution in [2.45, 2.75) is 42.7 Å². The maximum atomic E-state index is 12.6. The average Bonchev–Trinajstić information content (AvgIpc) is 3.09. The summed E-state index contributed by atoms with van der Waals surface area (Å²) in [4.78, 5) is 14.7. The topological polar surface area (TPSA) is 87.6 Å². The van der Waals surface area contributed by atoms with Gasteiger partial charge in [-0.2, -0.15) is 4.31 Å². The molecule has 1 aliphatic heterocycles. The second-order valence-corrected chi connectivity index (χ2v) is 8.89. The molecule has 0 bridgehead atoms. The Morgan fingerprint density at radius 2 is 1.86 bits per heavy atom. The molecule has 116 valence electrons. The zero-order chi connectivity index (χ0) is 15.1. The summed E-state index contributed by atoms with van der Waals surface area (Å²) in [5.74, 6) is -1.29. The molecule has 0 aromatic carbocycles. The lowest BCUT2D eigenvalue weighted by Gasteiger charge is -2.38. The van der Waals surface area contributed by atoms with Crippen LogP contribution in [0.2, 0.25) is 0 Å². The van der Waals surface area contributed by atoms with Crippen molar-refractivity contribution in [2.24, 2.45) is 5.41 Å². The summed E-state index contributed by atoms with van der Waals surface area (Å²) in [5.41, 5.74) is 1.25.